The van der Waals surface area contributed by atoms with Gasteiger partial charge in [0.05, 0.1) is 24.8 Å². The highest BCUT2D eigenvalue weighted by Crippen LogP contribution is 2.36. The van der Waals surface area contributed by atoms with Crippen LogP contribution < -0.4 is 19.5 Å². The number of fused-ring (bicyclic) bond motifs is 1. The monoisotopic (exact) mass is 419 g/mol. The third-order valence-electron chi connectivity index (χ3n) is 4.29. The first kappa shape index (κ1) is 18.6. The molecule has 1 heterocycles. The Kier molecular flexibility index (Phi) is 6.04. The number of nitrogens with one attached hydrogen (secondary N) is 1. The molecule has 26 heavy (non-hydrogen) atoms. The van der Waals surface area contributed by atoms with E-state index in [9.17, 15) is 4.79 Å². The van der Waals surface area contributed by atoms with E-state index < -0.39 is 0 Å². The van der Waals surface area contributed by atoms with Crippen LogP contribution in [0.3, 0.4) is 0 Å². The number of ether oxygens (including phenoxy) is 3. The molecule has 0 spiro atoms. The number of amides is 1. The molecule has 2 aromatic carbocycles. The highest BCUT2D eigenvalue weighted by molar-refractivity contribution is 9.10. The Morgan fingerprint density at radius 2 is 2.15 bits per heavy atom. The summed E-state index contributed by atoms with van der Waals surface area (Å²) in [6.07, 6.45) is 0.896. The number of benzene rings is 2. The van der Waals surface area contributed by atoms with Crippen molar-refractivity contribution in [2.45, 2.75) is 13.3 Å². The number of halogens is 1. The second kappa shape index (κ2) is 8.45. The summed E-state index contributed by atoms with van der Waals surface area (Å²) >= 11 is 3.45. The van der Waals surface area contributed by atoms with Crippen molar-refractivity contribution < 1.29 is 19.0 Å². The minimum absolute atomic E-state index is 0.147. The maximum absolute atomic E-state index is 12.6. The Hall–Kier alpha value is -2.21. The molecule has 1 N–H and O–H groups in total. The lowest BCUT2D eigenvalue weighted by Crippen LogP contribution is -2.34. The molecule has 2 aromatic rings. The molecule has 5 nitrogen and oxygen atoms in total. The van der Waals surface area contributed by atoms with Gasteiger partial charge in [-0.1, -0.05) is 18.2 Å². The molecule has 1 aliphatic rings. The minimum atomic E-state index is -0.147. The van der Waals surface area contributed by atoms with E-state index in [2.05, 4.69) is 27.3 Å². The third-order valence-corrected chi connectivity index (χ3v) is 4.88. The topological polar surface area (TPSA) is 56.8 Å². The molecule has 0 bridgehead atoms. The Bertz CT molecular complexity index is 793. The van der Waals surface area contributed by atoms with Gasteiger partial charge in [-0.05, 0) is 53.0 Å². The first-order valence-electron chi connectivity index (χ1n) is 8.61. The lowest BCUT2D eigenvalue weighted by molar-refractivity contribution is 0.0938. The van der Waals surface area contributed by atoms with Crippen molar-refractivity contribution in [2.75, 3.05) is 26.9 Å². The molecule has 1 amide bonds. The number of hydrogen-bond acceptors (Lipinski definition) is 4. The number of methoxy groups -OCH3 is 1. The molecule has 0 saturated heterocycles. The Morgan fingerprint density at radius 1 is 1.35 bits per heavy atom. The Morgan fingerprint density at radius 3 is 2.92 bits per heavy atom. The molecular formula is C20H22BrNO4. The van der Waals surface area contributed by atoms with E-state index in [1.54, 1.807) is 19.2 Å². The number of rotatable bonds is 6. The zero-order chi connectivity index (χ0) is 18.5. The zero-order valence-electron chi connectivity index (χ0n) is 14.9. The van der Waals surface area contributed by atoms with Gasteiger partial charge in [-0.15, -0.1) is 0 Å². The van der Waals surface area contributed by atoms with Crippen molar-refractivity contribution in [2.24, 2.45) is 5.92 Å². The fraction of sp³-hybridized carbons (Fsp3) is 0.350. The molecule has 0 radical (unpaired) electrons. The average Bonchev–Trinajstić information content (AvgIpc) is 2.67. The third kappa shape index (κ3) is 4.12. The van der Waals surface area contributed by atoms with Crippen LogP contribution in [-0.4, -0.2) is 32.8 Å². The van der Waals surface area contributed by atoms with E-state index in [-0.39, 0.29) is 11.8 Å². The standard InChI is InChI=1S/C20H22BrNO4/c1-3-25-19-16(21)9-15(10-18(19)24-2)20(23)22-11-13-8-14-6-4-5-7-17(14)26-12-13/h4-7,9-10,13H,3,8,11-12H2,1-2H3,(H,22,23)/t13-/m1/s1. The second-order valence-electron chi connectivity index (χ2n) is 6.12. The molecule has 138 valence electrons. The molecule has 0 saturated carbocycles. The summed E-state index contributed by atoms with van der Waals surface area (Å²) < 4.78 is 17.4. The summed E-state index contributed by atoms with van der Waals surface area (Å²) in [4.78, 5) is 12.6. The molecule has 3 rings (SSSR count). The van der Waals surface area contributed by atoms with Gasteiger partial charge in [0.2, 0.25) is 0 Å². The molecule has 1 atom stereocenters. The summed E-state index contributed by atoms with van der Waals surface area (Å²) in [5, 5.41) is 2.99. The van der Waals surface area contributed by atoms with Gasteiger partial charge in [0.15, 0.2) is 11.5 Å². The van der Waals surface area contributed by atoms with Crippen LogP contribution in [0.5, 0.6) is 17.2 Å². The maximum atomic E-state index is 12.6. The molecule has 0 aliphatic carbocycles. The van der Waals surface area contributed by atoms with Gasteiger partial charge in [-0.3, -0.25) is 4.79 Å². The van der Waals surface area contributed by atoms with E-state index in [0.29, 0.717) is 41.3 Å². The highest BCUT2D eigenvalue weighted by atomic mass is 79.9. The van der Waals surface area contributed by atoms with Crippen LogP contribution in [0.2, 0.25) is 0 Å². The fourth-order valence-corrected chi connectivity index (χ4v) is 3.55. The van der Waals surface area contributed by atoms with Crippen LogP contribution in [0, 0.1) is 5.92 Å². The molecule has 0 fully saturated rings. The van der Waals surface area contributed by atoms with Crippen molar-refractivity contribution in [1.29, 1.82) is 0 Å². The van der Waals surface area contributed by atoms with Crippen LogP contribution in [0.15, 0.2) is 40.9 Å². The van der Waals surface area contributed by atoms with Gasteiger partial charge < -0.3 is 19.5 Å². The SMILES string of the molecule is CCOc1c(Br)cc(C(=O)NC[C@@H]2COc3ccccc3C2)cc1OC. The number of carbonyl (C=O) groups excluding carboxylic acids is 1. The first-order chi connectivity index (χ1) is 12.6. The summed E-state index contributed by atoms with van der Waals surface area (Å²) in [7, 11) is 1.56. The largest absolute Gasteiger partial charge is 0.493 e. The minimum Gasteiger partial charge on any atom is -0.493 e. The quantitative estimate of drug-likeness (QED) is 0.772. The number of hydrogen-bond donors (Lipinski definition) is 1. The molecule has 1 aliphatic heterocycles. The lowest BCUT2D eigenvalue weighted by Gasteiger charge is -2.25. The van der Waals surface area contributed by atoms with E-state index >= 15 is 0 Å². The first-order valence-corrected chi connectivity index (χ1v) is 9.41. The molecular weight excluding hydrogens is 398 g/mol. The van der Waals surface area contributed by atoms with Crippen LogP contribution in [0.1, 0.15) is 22.8 Å². The Labute approximate surface area is 161 Å². The van der Waals surface area contributed by atoms with Crippen LogP contribution in [0.25, 0.3) is 0 Å². The van der Waals surface area contributed by atoms with Gasteiger partial charge >= 0.3 is 0 Å². The number of carbonyl (C=O) groups is 1. The normalized spacial score (nSPS) is 15.6. The van der Waals surface area contributed by atoms with Crippen molar-refractivity contribution in [1.82, 2.24) is 5.32 Å². The van der Waals surface area contributed by atoms with Crippen molar-refractivity contribution in [3.05, 3.63) is 52.0 Å². The number of para-hydroxylation sites is 1. The summed E-state index contributed by atoms with van der Waals surface area (Å²) in [6.45, 7) is 3.58. The van der Waals surface area contributed by atoms with Gasteiger partial charge in [-0.2, -0.15) is 0 Å². The molecule has 0 unspecified atom stereocenters. The predicted molar refractivity (Wildman–Crippen MR) is 103 cm³/mol. The van der Waals surface area contributed by atoms with Gasteiger partial charge in [0.25, 0.3) is 5.91 Å². The van der Waals surface area contributed by atoms with Crippen LogP contribution in [0.4, 0.5) is 0 Å². The fourth-order valence-electron chi connectivity index (χ4n) is 3.00. The van der Waals surface area contributed by atoms with Crippen LogP contribution in [-0.2, 0) is 6.42 Å². The summed E-state index contributed by atoms with van der Waals surface area (Å²) in [5.41, 5.74) is 1.71. The Balaban J connectivity index is 1.65. The van der Waals surface area contributed by atoms with Crippen molar-refractivity contribution in [3.8, 4) is 17.2 Å². The smallest absolute Gasteiger partial charge is 0.251 e. The van der Waals surface area contributed by atoms with E-state index in [1.807, 2.05) is 25.1 Å². The van der Waals surface area contributed by atoms with E-state index in [4.69, 9.17) is 14.2 Å². The van der Waals surface area contributed by atoms with E-state index in [0.717, 1.165) is 12.2 Å². The summed E-state index contributed by atoms with van der Waals surface area (Å²) in [6, 6.07) is 11.5. The van der Waals surface area contributed by atoms with Gasteiger partial charge in [-0.25, -0.2) is 0 Å². The van der Waals surface area contributed by atoms with Crippen molar-refractivity contribution >= 4 is 21.8 Å². The molecule has 0 aromatic heterocycles. The van der Waals surface area contributed by atoms with Gasteiger partial charge in [0.1, 0.15) is 5.75 Å². The maximum Gasteiger partial charge on any atom is 0.251 e. The average molecular weight is 420 g/mol. The lowest BCUT2D eigenvalue weighted by atomic mass is 9.96. The van der Waals surface area contributed by atoms with Crippen molar-refractivity contribution in [3.63, 3.8) is 0 Å². The zero-order valence-corrected chi connectivity index (χ0v) is 16.5. The van der Waals surface area contributed by atoms with Crippen LogP contribution >= 0.6 is 15.9 Å². The highest BCUT2D eigenvalue weighted by Gasteiger charge is 2.21. The van der Waals surface area contributed by atoms with E-state index in [1.165, 1.54) is 5.56 Å². The molecule has 6 heteroatoms. The van der Waals surface area contributed by atoms with Gasteiger partial charge in [0, 0.05) is 18.0 Å². The summed E-state index contributed by atoms with van der Waals surface area (Å²) in [5.74, 6) is 2.17. The second-order valence-corrected chi connectivity index (χ2v) is 6.98. The predicted octanol–water partition coefficient (Wildman–Crippen LogP) is 3.84.